The van der Waals surface area contributed by atoms with E-state index in [0.717, 1.165) is 5.56 Å². The number of alkyl carbamates (subject to hydrolysis) is 1. The Kier molecular flexibility index (Phi) is 6.80. The maximum absolute atomic E-state index is 11.9. The van der Waals surface area contributed by atoms with Crippen LogP contribution in [0.4, 0.5) is 4.79 Å². The zero-order valence-corrected chi connectivity index (χ0v) is 14.4. The Morgan fingerprint density at radius 2 is 1.64 bits per heavy atom. The maximum Gasteiger partial charge on any atom is 0.407 e. The molecule has 1 saturated carbocycles. The molecule has 3 atom stereocenters. The Morgan fingerprint density at radius 1 is 1.00 bits per heavy atom. The molecule has 0 heterocycles. The number of rotatable bonds is 5. The molecular weight excluding hydrogens is 326 g/mol. The fourth-order valence-electron chi connectivity index (χ4n) is 2.85. The summed E-state index contributed by atoms with van der Waals surface area (Å²) in [7, 11) is 0. The molecule has 0 unspecified atom stereocenters. The summed E-state index contributed by atoms with van der Waals surface area (Å²) in [6.45, 7) is 2.80. The molecule has 2 rings (SSSR count). The molecule has 0 spiro atoms. The van der Waals surface area contributed by atoms with Gasteiger partial charge in [-0.05, 0) is 18.4 Å². The SMILES string of the molecule is CC(=O)O[C@H]1CC[C@H](NC(=O)OCc2ccccc2)C[C@H]1OC(C)=O. The monoisotopic (exact) mass is 349 g/mol. The van der Waals surface area contributed by atoms with Crippen LogP contribution in [0.3, 0.4) is 0 Å². The van der Waals surface area contributed by atoms with Gasteiger partial charge in [0.15, 0.2) is 0 Å². The van der Waals surface area contributed by atoms with Gasteiger partial charge in [-0.25, -0.2) is 4.79 Å². The highest BCUT2D eigenvalue weighted by atomic mass is 16.6. The molecule has 7 heteroatoms. The second-order valence-electron chi connectivity index (χ2n) is 6.01. The van der Waals surface area contributed by atoms with E-state index >= 15 is 0 Å². The molecule has 1 N–H and O–H groups in total. The fraction of sp³-hybridized carbons (Fsp3) is 0.500. The number of nitrogens with one attached hydrogen (secondary N) is 1. The van der Waals surface area contributed by atoms with Gasteiger partial charge in [0, 0.05) is 26.3 Å². The quantitative estimate of drug-likeness (QED) is 0.648. The van der Waals surface area contributed by atoms with Crippen LogP contribution in [0.25, 0.3) is 0 Å². The lowest BCUT2D eigenvalue weighted by Gasteiger charge is -2.34. The smallest absolute Gasteiger partial charge is 0.407 e. The highest BCUT2D eigenvalue weighted by molar-refractivity contribution is 5.68. The number of ether oxygens (including phenoxy) is 3. The lowest BCUT2D eigenvalue weighted by atomic mass is 9.90. The third kappa shape index (κ3) is 6.45. The molecular formula is C18H23NO6. The first-order valence-electron chi connectivity index (χ1n) is 8.25. The third-order valence-corrected chi connectivity index (χ3v) is 3.90. The van der Waals surface area contributed by atoms with E-state index < -0.39 is 30.2 Å². The van der Waals surface area contributed by atoms with E-state index in [0.29, 0.717) is 19.3 Å². The number of esters is 2. The van der Waals surface area contributed by atoms with Crippen LogP contribution >= 0.6 is 0 Å². The van der Waals surface area contributed by atoms with Crippen molar-refractivity contribution in [2.24, 2.45) is 0 Å². The summed E-state index contributed by atoms with van der Waals surface area (Å²) in [5.74, 6) is -0.870. The Balaban J connectivity index is 1.84. The zero-order chi connectivity index (χ0) is 18.2. The summed E-state index contributed by atoms with van der Waals surface area (Å²) in [4.78, 5) is 34.4. The second-order valence-corrected chi connectivity index (χ2v) is 6.01. The van der Waals surface area contributed by atoms with Crippen molar-refractivity contribution < 1.29 is 28.6 Å². The van der Waals surface area contributed by atoms with Gasteiger partial charge in [0.25, 0.3) is 0 Å². The highest BCUT2D eigenvalue weighted by Crippen LogP contribution is 2.25. The molecule has 7 nitrogen and oxygen atoms in total. The zero-order valence-electron chi connectivity index (χ0n) is 14.4. The minimum absolute atomic E-state index is 0.183. The molecule has 1 aliphatic carbocycles. The number of amides is 1. The van der Waals surface area contributed by atoms with Gasteiger partial charge in [0.2, 0.25) is 0 Å². The van der Waals surface area contributed by atoms with Crippen LogP contribution in [0, 0.1) is 0 Å². The van der Waals surface area contributed by atoms with Gasteiger partial charge in [0.05, 0.1) is 0 Å². The summed E-state index contributed by atoms with van der Waals surface area (Å²) in [5, 5.41) is 2.77. The van der Waals surface area contributed by atoms with E-state index in [-0.39, 0.29) is 12.6 Å². The number of hydrogen-bond donors (Lipinski definition) is 1. The molecule has 0 radical (unpaired) electrons. The van der Waals surface area contributed by atoms with Gasteiger partial charge in [-0.2, -0.15) is 0 Å². The molecule has 0 aromatic heterocycles. The lowest BCUT2D eigenvalue weighted by molar-refractivity contribution is -0.169. The van der Waals surface area contributed by atoms with Crippen molar-refractivity contribution in [2.45, 2.75) is 58.0 Å². The molecule has 1 amide bonds. The molecule has 0 saturated heterocycles. The fourth-order valence-corrected chi connectivity index (χ4v) is 2.85. The van der Waals surface area contributed by atoms with E-state index in [1.54, 1.807) is 0 Å². The van der Waals surface area contributed by atoms with Crippen molar-refractivity contribution in [3.8, 4) is 0 Å². The van der Waals surface area contributed by atoms with Gasteiger partial charge in [-0.1, -0.05) is 30.3 Å². The van der Waals surface area contributed by atoms with Gasteiger partial charge < -0.3 is 19.5 Å². The minimum atomic E-state index is -0.574. The maximum atomic E-state index is 11.9. The van der Waals surface area contributed by atoms with E-state index in [1.807, 2.05) is 30.3 Å². The molecule has 1 aromatic rings. The summed E-state index contributed by atoms with van der Waals surface area (Å²) >= 11 is 0. The van der Waals surface area contributed by atoms with Crippen molar-refractivity contribution >= 4 is 18.0 Å². The van der Waals surface area contributed by atoms with Crippen LogP contribution in [0.5, 0.6) is 0 Å². The number of carbonyl (C=O) groups is 3. The summed E-state index contributed by atoms with van der Waals surface area (Å²) in [6.07, 6.45) is -0.106. The average molecular weight is 349 g/mol. The van der Waals surface area contributed by atoms with Crippen LogP contribution in [-0.2, 0) is 30.4 Å². The van der Waals surface area contributed by atoms with Crippen LogP contribution < -0.4 is 5.32 Å². The molecule has 1 fully saturated rings. The number of benzene rings is 1. The predicted molar refractivity (Wildman–Crippen MR) is 88.5 cm³/mol. The Labute approximate surface area is 146 Å². The molecule has 1 aliphatic rings. The van der Waals surface area contributed by atoms with Gasteiger partial charge in [-0.3, -0.25) is 9.59 Å². The molecule has 0 aliphatic heterocycles. The van der Waals surface area contributed by atoms with Gasteiger partial charge in [-0.15, -0.1) is 0 Å². The molecule has 0 bridgehead atoms. The van der Waals surface area contributed by atoms with E-state index in [2.05, 4.69) is 5.32 Å². The second kappa shape index (κ2) is 9.05. The van der Waals surface area contributed by atoms with Crippen LogP contribution in [-0.4, -0.2) is 36.3 Å². The third-order valence-electron chi connectivity index (χ3n) is 3.90. The summed E-state index contributed by atoms with van der Waals surface area (Å²) < 4.78 is 15.6. The van der Waals surface area contributed by atoms with Crippen molar-refractivity contribution in [3.05, 3.63) is 35.9 Å². The topological polar surface area (TPSA) is 90.9 Å². The predicted octanol–water partition coefficient (Wildman–Crippen LogP) is 2.33. The van der Waals surface area contributed by atoms with Crippen LogP contribution in [0.1, 0.15) is 38.7 Å². The van der Waals surface area contributed by atoms with E-state index in [1.165, 1.54) is 13.8 Å². The van der Waals surface area contributed by atoms with Crippen molar-refractivity contribution in [1.82, 2.24) is 5.32 Å². The van der Waals surface area contributed by atoms with Gasteiger partial charge in [0.1, 0.15) is 18.8 Å². The largest absolute Gasteiger partial charge is 0.459 e. The van der Waals surface area contributed by atoms with Crippen molar-refractivity contribution in [3.63, 3.8) is 0 Å². The molecule has 136 valence electrons. The van der Waals surface area contributed by atoms with Crippen molar-refractivity contribution in [1.29, 1.82) is 0 Å². The summed E-state index contributed by atoms with van der Waals surface area (Å²) in [6, 6.07) is 9.16. The average Bonchev–Trinajstić information content (AvgIpc) is 2.55. The van der Waals surface area contributed by atoms with Crippen molar-refractivity contribution in [2.75, 3.05) is 0 Å². The summed E-state index contributed by atoms with van der Waals surface area (Å²) in [5.41, 5.74) is 0.897. The lowest BCUT2D eigenvalue weighted by Crippen LogP contribution is -2.47. The normalized spacial score (nSPS) is 22.6. The van der Waals surface area contributed by atoms with E-state index in [9.17, 15) is 14.4 Å². The molecule has 1 aromatic carbocycles. The Hall–Kier alpha value is -2.57. The first-order chi connectivity index (χ1) is 11.9. The van der Waals surface area contributed by atoms with Gasteiger partial charge >= 0.3 is 18.0 Å². The molecule has 25 heavy (non-hydrogen) atoms. The Bertz CT molecular complexity index is 603. The highest BCUT2D eigenvalue weighted by Gasteiger charge is 2.35. The minimum Gasteiger partial charge on any atom is -0.459 e. The van der Waals surface area contributed by atoms with Crippen LogP contribution in [0.2, 0.25) is 0 Å². The van der Waals surface area contributed by atoms with E-state index in [4.69, 9.17) is 14.2 Å². The standard InChI is InChI=1S/C18H23NO6/c1-12(20)24-16-9-8-15(10-17(16)25-13(2)21)19-18(22)23-11-14-6-4-3-5-7-14/h3-7,15-17H,8-11H2,1-2H3,(H,19,22)/t15-,16-,17+/m0/s1. The first-order valence-corrected chi connectivity index (χ1v) is 8.25. The Morgan fingerprint density at radius 3 is 2.28 bits per heavy atom. The number of carbonyl (C=O) groups excluding carboxylic acids is 3. The first kappa shape index (κ1) is 18.8. The number of hydrogen-bond acceptors (Lipinski definition) is 6. The van der Waals surface area contributed by atoms with Crippen LogP contribution in [0.15, 0.2) is 30.3 Å².